The van der Waals surface area contributed by atoms with Crippen LogP contribution in [0.25, 0.3) is 10.9 Å². The van der Waals surface area contributed by atoms with Gasteiger partial charge in [0.25, 0.3) is 0 Å². The van der Waals surface area contributed by atoms with E-state index in [-0.39, 0.29) is 11.6 Å². The van der Waals surface area contributed by atoms with Gasteiger partial charge in [0.2, 0.25) is 0 Å². The summed E-state index contributed by atoms with van der Waals surface area (Å²) in [6.07, 6.45) is 5.01. The molecule has 0 saturated heterocycles. The zero-order valence-electron chi connectivity index (χ0n) is 9.59. The third-order valence-corrected chi connectivity index (χ3v) is 2.37. The van der Waals surface area contributed by atoms with Gasteiger partial charge in [0, 0.05) is 10.9 Å². The summed E-state index contributed by atoms with van der Waals surface area (Å²) in [5, 5.41) is 1.17. The predicted molar refractivity (Wildman–Crippen MR) is 71.0 cm³/mol. The zero-order valence-corrected chi connectivity index (χ0v) is 9.59. The number of fused-ring (bicyclic) bond motifs is 1. The number of hydrogen-bond donors (Lipinski definition) is 2. The largest absolute Gasteiger partial charge is 0.385 e. The highest BCUT2D eigenvalue weighted by atomic mass is 16.1. The zero-order chi connectivity index (χ0) is 13.0. The van der Waals surface area contributed by atoms with Gasteiger partial charge in [-0.05, 0) is 36.4 Å². The fourth-order valence-corrected chi connectivity index (χ4v) is 1.54. The Labute approximate surface area is 104 Å². The smallest absolute Gasteiger partial charge is 0.178 e. The summed E-state index contributed by atoms with van der Waals surface area (Å²) in [6.45, 7) is 0. The van der Waals surface area contributed by atoms with E-state index >= 15 is 0 Å². The number of nitrogens with two attached hydrogens (primary N) is 1. The summed E-state index contributed by atoms with van der Waals surface area (Å²) in [7, 11) is 0. The molecule has 1 aromatic heterocycles. The van der Waals surface area contributed by atoms with Crippen LogP contribution >= 0.6 is 0 Å². The number of rotatable bonds is 0. The number of anilines is 1. The topological polar surface area (TPSA) is 76.0 Å². The maximum absolute atomic E-state index is 10.3. The van der Waals surface area contributed by atoms with Crippen LogP contribution < -0.4 is 5.73 Å². The van der Waals surface area contributed by atoms with Crippen molar-refractivity contribution in [1.82, 2.24) is 4.98 Å². The minimum absolute atomic E-state index is 0.121. The quantitative estimate of drug-likeness (QED) is 0.691. The number of aromatic nitrogens is 1. The lowest BCUT2D eigenvalue weighted by Crippen LogP contribution is -1.97. The van der Waals surface area contributed by atoms with Crippen molar-refractivity contribution < 1.29 is 9.59 Å². The number of H-pyrrole nitrogens is 1. The molecule has 90 valence electrons. The minimum Gasteiger partial charge on any atom is -0.385 e. The first kappa shape index (κ1) is 11.9. The molecule has 18 heavy (non-hydrogen) atoms. The monoisotopic (exact) mass is 240 g/mol. The Morgan fingerprint density at radius 1 is 0.889 bits per heavy atom. The maximum Gasteiger partial charge on any atom is 0.178 e. The molecule has 1 aliphatic carbocycles. The van der Waals surface area contributed by atoms with Gasteiger partial charge in [0.15, 0.2) is 11.6 Å². The summed E-state index contributed by atoms with van der Waals surface area (Å²) in [5.41, 5.74) is 6.63. The molecule has 0 aliphatic heterocycles. The van der Waals surface area contributed by atoms with E-state index in [1.54, 1.807) is 0 Å². The Morgan fingerprint density at radius 3 is 2.00 bits per heavy atom. The number of carbonyl (C=O) groups excluding carboxylic acids is 2. The Hall–Kier alpha value is -2.62. The summed E-state index contributed by atoms with van der Waals surface area (Å²) in [4.78, 5) is 23.6. The van der Waals surface area contributed by atoms with E-state index in [9.17, 15) is 9.59 Å². The maximum atomic E-state index is 10.3. The van der Waals surface area contributed by atoms with Crippen LogP contribution in [-0.4, -0.2) is 16.6 Å². The molecule has 1 aliphatic rings. The highest BCUT2D eigenvalue weighted by Gasteiger charge is 1.98. The third kappa shape index (κ3) is 2.95. The highest BCUT2D eigenvalue weighted by Crippen LogP contribution is 2.14. The van der Waals surface area contributed by atoms with Crippen LogP contribution in [-0.2, 0) is 9.59 Å². The second kappa shape index (κ2) is 5.14. The molecule has 2 aromatic rings. The first-order valence-electron chi connectivity index (χ1n) is 5.42. The van der Waals surface area contributed by atoms with Gasteiger partial charge in [-0.15, -0.1) is 0 Å². The SMILES string of the molecule is Nc1cc2ccccc2[nH]1.O=C1C=CC(=O)C=C1. The number of para-hydroxylation sites is 1. The fourth-order valence-electron chi connectivity index (χ4n) is 1.54. The van der Waals surface area contributed by atoms with Gasteiger partial charge >= 0.3 is 0 Å². The first-order chi connectivity index (χ1) is 8.65. The van der Waals surface area contributed by atoms with E-state index in [0.29, 0.717) is 0 Å². The lowest BCUT2D eigenvalue weighted by atomic mass is 10.2. The second-order valence-corrected chi connectivity index (χ2v) is 3.78. The number of carbonyl (C=O) groups is 2. The van der Waals surface area contributed by atoms with Gasteiger partial charge in [-0.2, -0.15) is 0 Å². The molecule has 3 rings (SSSR count). The van der Waals surface area contributed by atoms with E-state index in [4.69, 9.17) is 5.73 Å². The molecule has 0 radical (unpaired) electrons. The second-order valence-electron chi connectivity index (χ2n) is 3.78. The van der Waals surface area contributed by atoms with E-state index in [0.717, 1.165) is 11.3 Å². The molecule has 0 atom stereocenters. The normalized spacial score (nSPS) is 13.6. The number of nitrogen functional groups attached to an aromatic ring is 1. The van der Waals surface area contributed by atoms with Gasteiger partial charge in [0.1, 0.15) is 5.82 Å². The van der Waals surface area contributed by atoms with Crippen molar-refractivity contribution in [2.45, 2.75) is 0 Å². The molecule has 0 unspecified atom stereocenters. The van der Waals surface area contributed by atoms with Crippen molar-refractivity contribution in [3.05, 3.63) is 54.6 Å². The summed E-state index contributed by atoms with van der Waals surface area (Å²) < 4.78 is 0. The average Bonchev–Trinajstić information content (AvgIpc) is 2.74. The van der Waals surface area contributed by atoms with Gasteiger partial charge in [-0.25, -0.2) is 0 Å². The highest BCUT2D eigenvalue weighted by molar-refractivity contribution is 6.14. The lowest BCUT2D eigenvalue weighted by molar-refractivity contribution is -0.113. The van der Waals surface area contributed by atoms with E-state index in [1.807, 2.05) is 30.3 Å². The molecular weight excluding hydrogens is 228 g/mol. The summed E-state index contributed by atoms with van der Waals surface area (Å²) in [5.74, 6) is 0.482. The average molecular weight is 240 g/mol. The van der Waals surface area contributed by atoms with Gasteiger partial charge in [-0.1, -0.05) is 18.2 Å². The molecule has 4 nitrogen and oxygen atoms in total. The van der Waals surface area contributed by atoms with Gasteiger partial charge < -0.3 is 10.7 Å². The predicted octanol–water partition coefficient (Wildman–Crippen LogP) is 2.00. The molecule has 0 fully saturated rings. The minimum atomic E-state index is -0.121. The molecule has 4 heteroatoms. The van der Waals surface area contributed by atoms with Crippen LogP contribution in [0.1, 0.15) is 0 Å². The number of benzene rings is 1. The van der Waals surface area contributed by atoms with Crippen molar-refractivity contribution in [2.24, 2.45) is 0 Å². The van der Waals surface area contributed by atoms with Crippen LogP contribution in [0.2, 0.25) is 0 Å². The number of nitrogens with one attached hydrogen (secondary N) is 1. The standard InChI is InChI=1S/C8H8N2.C6H4O2/c9-8-5-6-3-1-2-4-7(6)10-8;7-5-1-2-6(8)4-3-5/h1-5,10H,9H2;1-4H. The molecule has 1 heterocycles. The van der Waals surface area contributed by atoms with Crippen molar-refractivity contribution in [2.75, 3.05) is 5.73 Å². The molecule has 3 N–H and O–H groups in total. The molecule has 0 amide bonds. The fraction of sp³-hybridized carbons (Fsp3) is 0. The lowest BCUT2D eigenvalue weighted by Gasteiger charge is -1.87. The van der Waals surface area contributed by atoms with Gasteiger partial charge in [-0.3, -0.25) is 9.59 Å². The third-order valence-electron chi connectivity index (χ3n) is 2.37. The molecule has 0 spiro atoms. The Bertz CT molecular complexity index is 580. The van der Waals surface area contributed by atoms with Crippen LogP contribution in [0.4, 0.5) is 5.82 Å². The first-order valence-corrected chi connectivity index (χ1v) is 5.42. The van der Waals surface area contributed by atoms with Crippen molar-refractivity contribution in [1.29, 1.82) is 0 Å². The number of allylic oxidation sites excluding steroid dienone is 4. The Kier molecular flexibility index (Phi) is 3.38. The Balaban J connectivity index is 0.000000138. The number of aromatic amines is 1. The molecule has 0 saturated carbocycles. The van der Waals surface area contributed by atoms with Crippen LogP contribution in [0.15, 0.2) is 54.6 Å². The molecule has 0 bridgehead atoms. The molecular formula is C14H12N2O2. The molecule has 1 aromatic carbocycles. The van der Waals surface area contributed by atoms with Crippen molar-refractivity contribution in [3.8, 4) is 0 Å². The van der Waals surface area contributed by atoms with Crippen LogP contribution in [0.3, 0.4) is 0 Å². The van der Waals surface area contributed by atoms with E-state index in [1.165, 1.54) is 29.7 Å². The van der Waals surface area contributed by atoms with Crippen molar-refractivity contribution >= 4 is 28.3 Å². The van der Waals surface area contributed by atoms with Crippen LogP contribution in [0, 0.1) is 0 Å². The van der Waals surface area contributed by atoms with E-state index in [2.05, 4.69) is 4.98 Å². The number of hydrogen-bond acceptors (Lipinski definition) is 3. The number of ketones is 2. The van der Waals surface area contributed by atoms with Gasteiger partial charge in [0.05, 0.1) is 0 Å². The van der Waals surface area contributed by atoms with Crippen molar-refractivity contribution in [3.63, 3.8) is 0 Å². The summed E-state index contributed by atoms with van der Waals surface area (Å²) in [6, 6.07) is 9.94. The Morgan fingerprint density at radius 2 is 1.44 bits per heavy atom. The summed E-state index contributed by atoms with van der Waals surface area (Å²) >= 11 is 0. The van der Waals surface area contributed by atoms with Crippen LogP contribution in [0.5, 0.6) is 0 Å². The van der Waals surface area contributed by atoms with E-state index < -0.39 is 0 Å².